The van der Waals surface area contributed by atoms with E-state index < -0.39 is 15.7 Å². The third-order valence-corrected chi connectivity index (χ3v) is 5.05. The van der Waals surface area contributed by atoms with Gasteiger partial charge in [0.1, 0.15) is 5.82 Å². The maximum atomic E-state index is 13.4. The molecule has 0 saturated heterocycles. The number of fused-ring (bicyclic) bond motifs is 1. The number of sulfone groups is 1. The molecule has 0 saturated carbocycles. The van der Waals surface area contributed by atoms with Crippen LogP contribution in [0.3, 0.4) is 0 Å². The Morgan fingerprint density at radius 3 is 2.68 bits per heavy atom. The van der Waals surface area contributed by atoms with Crippen LogP contribution < -0.4 is 5.32 Å². The zero-order valence-corrected chi connectivity index (χ0v) is 12.3. The van der Waals surface area contributed by atoms with Crippen LogP contribution in [0, 0.1) is 11.2 Å². The number of nitrogens with one attached hydrogen (secondary N) is 1. The smallest absolute Gasteiger partial charge is 0.178 e. The van der Waals surface area contributed by atoms with E-state index in [4.69, 9.17) is 0 Å². The second kappa shape index (κ2) is 4.87. The van der Waals surface area contributed by atoms with Crippen molar-refractivity contribution in [1.29, 1.82) is 0 Å². The number of halogens is 1. The van der Waals surface area contributed by atoms with Crippen LogP contribution in [-0.2, 0) is 9.84 Å². The van der Waals surface area contributed by atoms with E-state index in [1.54, 1.807) is 0 Å². The first kappa shape index (κ1) is 14.5. The molecule has 1 atom stereocenters. The standard InChI is InChI=1S/C14H20FNO2S/c1-14(2,3)9-16-12-6-7-19(17,18)13-5-4-10(15)8-11(12)13/h4-5,8,12,16H,6-7,9H2,1-3H3. The molecule has 106 valence electrons. The molecule has 0 bridgehead atoms. The maximum Gasteiger partial charge on any atom is 0.178 e. The van der Waals surface area contributed by atoms with Crippen LogP contribution in [0.1, 0.15) is 38.8 Å². The lowest BCUT2D eigenvalue weighted by Crippen LogP contribution is -2.34. The highest BCUT2D eigenvalue weighted by molar-refractivity contribution is 7.91. The van der Waals surface area contributed by atoms with Crippen molar-refractivity contribution in [2.24, 2.45) is 5.41 Å². The van der Waals surface area contributed by atoms with Gasteiger partial charge in [0.2, 0.25) is 0 Å². The van der Waals surface area contributed by atoms with Crippen LogP contribution in [0.15, 0.2) is 23.1 Å². The largest absolute Gasteiger partial charge is 0.309 e. The van der Waals surface area contributed by atoms with E-state index >= 15 is 0 Å². The Bertz CT molecular complexity index is 576. The van der Waals surface area contributed by atoms with E-state index in [0.29, 0.717) is 12.0 Å². The van der Waals surface area contributed by atoms with Crippen molar-refractivity contribution in [2.45, 2.75) is 38.1 Å². The Balaban J connectivity index is 2.33. The Labute approximate surface area is 114 Å². The molecule has 5 heteroatoms. The fourth-order valence-electron chi connectivity index (χ4n) is 2.25. The average Bonchev–Trinajstić information content (AvgIpc) is 2.26. The second-order valence-corrected chi connectivity index (χ2v) is 8.36. The summed E-state index contributed by atoms with van der Waals surface area (Å²) in [6.45, 7) is 7.07. The van der Waals surface area contributed by atoms with Gasteiger partial charge in [-0.15, -0.1) is 0 Å². The summed E-state index contributed by atoms with van der Waals surface area (Å²) in [7, 11) is -3.25. The summed E-state index contributed by atoms with van der Waals surface area (Å²) in [5, 5.41) is 3.35. The van der Waals surface area contributed by atoms with Crippen LogP contribution >= 0.6 is 0 Å². The second-order valence-electron chi connectivity index (χ2n) is 6.28. The number of hydrogen-bond donors (Lipinski definition) is 1. The average molecular weight is 285 g/mol. The van der Waals surface area contributed by atoms with Crippen LogP contribution in [-0.4, -0.2) is 20.7 Å². The molecule has 1 aromatic carbocycles. The Kier molecular flexibility index (Phi) is 3.71. The summed E-state index contributed by atoms with van der Waals surface area (Å²) in [6.07, 6.45) is 0.495. The molecular formula is C14H20FNO2S. The fourth-order valence-corrected chi connectivity index (χ4v) is 3.86. The molecule has 19 heavy (non-hydrogen) atoms. The van der Waals surface area contributed by atoms with Gasteiger partial charge in [-0.3, -0.25) is 0 Å². The van der Waals surface area contributed by atoms with Gasteiger partial charge in [-0.05, 0) is 35.6 Å². The Hall–Kier alpha value is -0.940. The summed E-state index contributed by atoms with van der Waals surface area (Å²) in [6, 6.07) is 3.84. The van der Waals surface area contributed by atoms with Gasteiger partial charge in [-0.1, -0.05) is 20.8 Å². The normalized spacial score (nSPS) is 22.0. The molecule has 2 rings (SSSR count). The molecule has 0 spiro atoms. The molecule has 3 nitrogen and oxygen atoms in total. The van der Waals surface area contributed by atoms with E-state index in [1.165, 1.54) is 18.2 Å². The zero-order valence-electron chi connectivity index (χ0n) is 11.5. The van der Waals surface area contributed by atoms with Crippen LogP contribution in [0.2, 0.25) is 0 Å². The minimum Gasteiger partial charge on any atom is -0.309 e. The predicted octanol–water partition coefficient (Wildman–Crippen LogP) is 2.68. The SMILES string of the molecule is CC(C)(C)CNC1CCS(=O)(=O)c2ccc(F)cc21. The van der Waals surface area contributed by atoms with Crippen molar-refractivity contribution >= 4 is 9.84 Å². The summed E-state index contributed by atoms with van der Waals surface area (Å²) >= 11 is 0. The molecule has 1 unspecified atom stereocenters. The zero-order chi connectivity index (χ0) is 14.3. The molecule has 0 aromatic heterocycles. The molecule has 0 radical (unpaired) electrons. The summed E-state index contributed by atoms with van der Waals surface area (Å²) in [4.78, 5) is 0.270. The lowest BCUT2D eigenvalue weighted by Gasteiger charge is -2.29. The minimum absolute atomic E-state index is 0.0894. The van der Waals surface area contributed by atoms with Crippen molar-refractivity contribution < 1.29 is 12.8 Å². The topological polar surface area (TPSA) is 46.2 Å². The van der Waals surface area contributed by atoms with Gasteiger partial charge in [-0.25, -0.2) is 12.8 Å². The van der Waals surface area contributed by atoms with E-state index in [2.05, 4.69) is 26.1 Å². The Morgan fingerprint density at radius 2 is 2.05 bits per heavy atom. The number of rotatable bonds is 2. The van der Waals surface area contributed by atoms with Crippen molar-refractivity contribution in [3.8, 4) is 0 Å². The van der Waals surface area contributed by atoms with E-state index in [0.717, 1.165) is 6.54 Å². The fraction of sp³-hybridized carbons (Fsp3) is 0.571. The van der Waals surface area contributed by atoms with Crippen LogP contribution in [0.4, 0.5) is 4.39 Å². The minimum atomic E-state index is -3.25. The molecule has 1 aliphatic rings. The van der Waals surface area contributed by atoms with Crippen molar-refractivity contribution in [3.05, 3.63) is 29.6 Å². The predicted molar refractivity (Wildman–Crippen MR) is 73.3 cm³/mol. The highest BCUT2D eigenvalue weighted by Gasteiger charge is 2.30. The quantitative estimate of drug-likeness (QED) is 0.850. The first-order chi connectivity index (χ1) is 8.69. The van der Waals surface area contributed by atoms with Gasteiger partial charge in [-0.2, -0.15) is 0 Å². The van der Waals surface area contributed by atoms with Crippen LogP contribution in [0.5, 0.6) is 0 Å². The maximum absolute atomic E-state index is 13.4. The Morgan fingerprint density at radius 1 is 1.37 bits per heavy atom. The highest BCUT2D eigenvalue weighted by Crippen LogP contribution is 2.33. The first-order valence-corrected chi connectivity index (χ1v) is 8.10. The van der Waals surface area contributed by atoms with Gasteiger partial charge in [0.15, 0.2) is 9.84 Å². The first-order valence-electron chi connectivity index (χ1n) is 6.45. The molecule has 1 N–H and O–H groups in total. The third kappa shape index (κ3) is 3.34. The molecule has 1 aliphatic heterocycles. The molecule has 0 aliphatic carbocycles. The summed E-state index contributed by atoms with van der Waals surface area (Å²) in [5.74, 6) is -0.272. The van der Waals surface area contributed by atoms with Crippen molar-refractivity contribution in [3.63, 3.8) is 0 Å². The summed E-state index contributed by atoms with van der Waals surface area (Å²) < 4.78 is 37.3. The lowest BCUT2D eigenvalue weighted by atomic mass is 9.95. The van der Waals surface area contributed by atoms with Gasteiger partial charge in [0, 0.05) is 12.6 Å². The number of benzene rings is 1. The van der Waals surface area contributed by atoms with Crippen molar-refractivity contribution in [1.82, 2.24) is 5.32 Å². The van der Waals surface area contributed by atoms with Gasteiger partial charge in [0.25, 0.3) is 0 Å². The van der Waals surface area contributed by atoms with Gasteiger partial charge >= 0.3 is 0 Å². The van der Waals surface area contributed by atoms with Crippen LogP contribution in [0.25, 0.3) is 0 Å². The van der Waals surface area contributed by atoms with E-state index in [1.807, 2.05) is 0 Å². The highest BCUT2D eigenvalue weighted by atomic mass is 32.2. The molecule has 1 aromatic rings. The number of hydrogen-bond acceptors (Lipinski definition) is 3. The summed E-state index contributed by atoms with van der Waals surface area (Å²) in [5.41, 5.74) is 0.666. The molecule has 0 amide bonds. The van der Waals surface area contributed by atoms with Gasteiger partial charge in [0.05, 0.1) is 10.6 Å². The monoisotopic (exact) mass is 285 g/mol. The van der Waals surface area contributed by atoms with Gasteiger partial charge < -0.3 is 5.32 Å². The lowest BCUT2D eigenvalue weighted by molar-refractivity contribution is 0.345. The van der Waals surface area contributed by atoms with Crippen molar-refractivity contribution in [2.75, 3.05) is 12.3 Å². The third-order valence-electron chi connectivity index (χ3n) is 3.24. The van der Waals surface area contributed by atoms with E-state index in [9.17, 15) is 12.8 Å². The molecule has 1 heterocycles. The molecular weight excluding hydrogens is 265 g/mol. The van der Waals surface area contributed by atoms with E-state index in [-0.39, 0.29) is 22.1 Å². The molecule has 0 fully saturated rings.